The van der Waals surface area contributed by atoms with Crippen LogP contribution in [-0.4, -0.2) is 78.6 Å². The third-order valence-electron chi connectivity index (χ3n) is 5.98. The lowest BCUT2D eigenvalue weighted by Gasteiger charge is -2.44. The molecule has 4 heteroatoms. The molecule has 2 fully saturated rings. The van der Waals surface area contributed by atoms with Crippen molar-refractivity contribution < 1.29 is 0 Å². The number of hydrogen-bond acceptors (Lipinski definition) is 4. The van der Waals surface area contributed by atoms with Crippen molar-refractivity contribution in [3.63, 3.8) is 0 Å². The van der Waals surface area contributed by atoms with Gasteiger partial charge in [-0.15, -0.1) is 0 Å². The quantitative estimate of drug-likeness (QED) is 0.701. The van der Waals surface area contributed by atoms with Crippen LogP contribution in [-0.2, 0) is 0 Å². The zero-order valence-electron chi connectivity index (χ0n) is 14.5. The highest BCUT2D eigenvalue weighted by molar-refractivity contribution is 5.09. The molecule has 0 radical (unpaired) electrons. The van der Waals surface area contributed by atoms with Crippen LogP contribution in [0.1, 0.15) is 46.5 Å². The van der Waals surface area contributed by atoms with Gasteiger partial charge in [0.15, 0.2) is 0 Å². The van der Waals surface area contributed by atoms with E-state index in [1.54, 1.807) is 0 Å². The van der Waals surface area contributed by atoms with Gasteiger partial charge in [-0.3, -0.25) is 9.80 Å². The van der Waals surface area contributed by atoms with Crippen molar-refractivity contribution in [3.05, 3.63) is 0 Å². The van der Waals surface area contributed by atoms with E-state index in [9.17, 15) is 0 Å². The number of likely N-dealkylation sites (N-methyl/N-ethyl adjacent to an activating group) is 1. The third kappa shape index (κ3) is 3.44. The summed E-state index contributed by atoms with van der Waals surface area (Å²) in [5, 5.41) is 0. The minimum atomic E-state index is 0.258. The molecule has 2 unspecified atom stereocenters. The van der Waals surface area contributed by atoms with Gasteiger partial charge in [-0.25, -0.2) is 0 Å². The minimum Gasteiger partial charge on any atom is -0.329 e. The summed E-state index contributed by atoms with van der Waals surface area (Å²) >= 11 is 0. The van der Waals surface area contributed by atoms with Crippen molar-refractivity contribution in [2.45, 2.75) is 58.0 Å². The summed E-state index contributed by atoms with van der Waals surface area (Å²) in [7, 11) is 0. The largest absolute Gasteiger partial charge is 0.329 e. The topological polar surface area (TPSA) is 35.7 Å². The molecule has 2 aliphatic rings. The van der Waals surface area contributed by atoms with Gasteiger partial charge in [-0.05, 0) is 58.4 Å². The van der Waals surface area contributed by atoms with Gasteiger partial charge in [-0.2, -0.15) is 0 Å². The van der Waals surface area contributed by atoms with Crippen molar-refractivity contribution >= 4 is 0 Å². The van der Waals surface area contributed by atoms with Crippen LogP contribution in [0, 0.1) is 0 Å². The molecule has 0 spiro atoms. The van der Waals surface area contributed by atoms with Crippen LogP contribution in [0.25, 0.3) is 0 Å². The van der Waals surface area contributed by atoms with Crippen LogP contribution in [0.4, 0.5) is 0 Å². The third-order valence-corrected chi connectivity index (χ3v) is 5.98. The molecule has 2 atom stereocenters. The lowest BCUT2D eigenvalue weighted by Crippen LogP contribution is -2.60. The standard InChI is InChI=1S/C17H36N4/c1-4-19(5-2)11-8-13-21(6-3)17(15-18)10-14-20-12-7-9-16(17)20/h16H,4-15,18H2,1-3H3. The van der Waals surface area contributed by atoms with E-state index in [-0.39, 0.29) is 5.54 Å². The molecule has 2 heterocycles. The van der Waals surface area contributed by atoms with Gasteiger partial charge in [0.1, 0.15) is 0 Å². The Hall–Kier alpha value is -0.160. The first kappa shape index (κ1) is 17.2. The predicted molar refractivity (Wildman–Crippen MR) is 90.6 cm³/mol. The number of nitrogens with two attached hydrogens (primary N) is 1. The van der Waals surface area contributed by atoms with Crippen LogP contribution in [0.5, 0.6) is 0 Å². The molecule has 0 aromatic carbocycles. The Morgan fingerprint density at radius 2 is 1.86 bits per heavy atom. The summed E-state index contributed by atoms with van der Waals surface area (Å²) in [5.74, 6) is 0. The molecule has 0 saturated carbocycles. The average molecular weight is 297 g/mol. The van der Waals surface area contributed by atoms with E-state index in [1.165, 1.54) is 65.0 Å². The van der Waals surface area contributed by atoms with Crippen molar-refractivity contribution in [2.24, 2.45) is 5.73 Å². The van der Waals surface area contributed by atoms with Gasteiger partial charge in [0.2, 0.25) is 0 Å². The molecule has 0 aromatic heterocycles. The first-order chi connectivity index (χ1) is 10.2. The molecule has 4 nitrogen and oxygen atoms in total. The highest BCUT2D eigenvalue weighted by Gasteiger charge is 2.50. The molecule has 21 heavy (non-hydrogen) atoms. The van der Waals surface area contributed by atoms with Gasteiger partial charge in [-0.1, -0.05) is 20.8 Å². The SMILES string of the molecule is CCN(CC)CCCN(CC)C1(CN)CCN2CCCC21. The Morgan fingerprint density at radius 1 is 1.10 bits per heavy atom. The lowest BCUT2D eigenvalue weighted by molar-refractivity contribution is 0.0659. The van der Waals surface area contributed by atoms with E-state index >= 15 is 0 Å². The average Bonchev–Trinajstić information content (AvgIpc) is 3.11. The first-order valence-corrected chi connectivity index (χ1v) is 9.13. The molecular weight excluding hydrogens is 260 g/mol. The Bertz CT molecular complexity index is 305. The Balaban J connectivity index is 1.95. The Morgan fingerprint density at radius 3 is 2.48 bits per heavy atom. The number of hydrogen-bond donors (Lipinski definition) is 1. The summed E-state index contributed by atoms with van der Waals surface area (Å²) in [6, 6.07) is 0.718. The second kappa shape index (κ2) is 7.91. The molecule has 2 aliphatic heterocycles. The smallest absolute Gasteiger partial charge is 0.0498 e. The fourth-order valence-corrected chi connectivity index (χ4v) is 4.66. The summed E-state index contributed by atoms with van der Waals surface area (Å²) in [5.41, 5.74) is 6.56. The van der Waals surface area contributed by atoms with E-state index < -0.39 is 0 Å². The monoisotopic (exact) mass is 296 g/mol. The fraction of sp³-hybridized carbons (Fsp3) is 1.00. The van der Waals surface area contributed by atoms with Crippen molar-refractivity contribution in [1.29, 1.82) is 0 Å². The van der Waals surface area contributed by atoms with Crippen LogP contribution in [0.15, 0.2) is 0 Å². The zero-order chi connectivity index (χ0) is 15.3. The number of rotatable bonds is 9. The molecular formula is C17H36N4. The minimum absolute atomic E-state index is 0.258. The summed E-state index contributed by atoms with van der Waals surface area (Å²) in [6.07, 6.45) is 5.25. The molecule has 124 valence electrons. The normalized spacial score (nSPS) is 29.7. The molecule has 0 amide bonds. The van der Waals surface area contributed by atoms with Crippen LogP contribution < -0.4 is 5.73 Å². The van der Waals surface area contributed by atoms with Gasteiger partial charge < -0.3 is 10.6 Å². The van der Waals surface area contributed by atoms with E-state index in [4.69, 9.17) is 5.73 Å². The second-order valence-electron chi connectivity index (χ2n) is 6.71. The highest BCUT2D eigenvalue weighted by Crippen LogP contribution is 2.39. The molecule has 2 rings (SSSR count). The van der Waals surface area contributed by atoms with E-state index in [0.717, 1.165) is 19.1 Å². The zero-order valence-corrected chi connectivity index (χ0v) is 14.5. The molecule has 2 N–H and O–H groups in total. The maximum Gasteiger partial charge on any atom is 0.0498 e. The summed E-state index contributed by atoms with van der Waals surface area (Å²) in [6.45, 7) is 16.1. The lowest BCUT2D eigenvalue weighted by atomic mass is 9.86. The number of nitrogens with zero attached hydrogens (tertiary/aromatic N) is 3. The highest BCUT2D eigenvalue weighted by atomic mass is 15.3. The van der Waals surface area contributed by atoms with Crippen LogP contribution in [0.2, 0.25) is 0 Å². The first-order valence-electron chi connectivity index (χ1n) is 9.13. The maximum absolute atomic E-state index is 6.31. The van der Waals surface area contributed by atoms with E-state index in [1.807, 2.05) is 0 Å². The Labute approximate surface area is 131 Å². The summed E-state index contributed by atoms with van der Waals surface area (Å²) < 4.78 is 0. The van der Waals surface area contributed by atoms with Crippen LogP contribution >= 0.6 is 0 Å². The molecule has 0 aliphatic carbocycles. The second-order valence-corrected chi connectivity index (χ2v) is 6.71. The van der Waals surface area contributed by atoms with Gasteiger partial charge in [0, 0.05) is 31.2 Å². The van der Waals surface area contributed by atoms with Crippen molar-refractivity contribution in [3.8, 4) is 0 Å². The molecule has 0 aromatic rings. The van der Waals surface area contributed by atoms with Gasteiger partial charge >= 0.3 is 0 Å². The van der Waals surface area contributed by atoms with Gasteiger partial charge in [0.05, 0.1) is 0 Å². The molecule has 0 bridgehead atoms. The van der Waals surface area contributed by atoms with Crippen molar-refractivity contribution in [2.75, 3.05) is 52.4 Å². The Kier molecular flexibility index (Phi) is 6.48. The maximum atomic E-state index is 6.31. The van der Waals surface area contributed by atoms with Crippen molar-refractivity contribution in [1.82, 2.24) is 14.7 Å². The number of fused-ring (bicyclic) bond motifs is 1. The molecule has 2 saturated heterocycles. The predicted octanol–water partition coefficient (Wildman–Crippen LogP) is 1.61. The summed E-state index contributed by atoms with van der Waals surface area (Å²) in [4.78, 5) is 7.94. The van der Waals surface area contributed by atoms with E-state index in [0.29, 0.717) is 0 Å². The van der Waals surface area contributed by atoms with E-state index in [2.05, 4.69) is 35.5 Å². The van der Waals surface area contributed by atoms with Gasteiger partial charge in [0.25, 0.3) is 0 Å². The fourth-order valence-electron chi connectivity index (χ4n) is 4.66. The van der Waals surface area contributed by atoms with Crippen LogP contribution in [0.3, 0.4) is 0 Å².